The zero-order chi connectivity index (χ0) is 14.4. The van der Waals surface area contributed by atoms with E-state index in [2.05, 4.69) is 22.1 Å². The van der Waals surface area contributed by atoms with Gasteiger partial charge >= 0.3 is 0 Å². The number of para-hydroxylation sites is 1. The molecule has 20 heavy (non-hydrogen) atoms. The van der Waals surface area contributed by atoms with E-state index in [1.165, 1.54) is 0 Å². The summed E-state index contributed by atoms with van der Waals surface area (Å²) in [4.78, 5) is 4.06. The molecule has 0 fully saturated rings. The molecule has 0 bridgehead atoms. The highest BCUT2D eigenvalue weighted by Gasteiger charge is 2.12. The Hall–Kier alpha value is -2.74. The van der Waals surface area contributed by atoms with Crippen LogP contribution in [0.25, 0.3) is 0 Å². The number of hydrogen-bond acceptors (Lipinski definition) is 4. The second-order valence-electron chi connectivity index (χ2n) is 4.19. The van der Waals surface area contributed by atoms with Crippen LogP contribution < -0.4 is 4.74 Å². The zero-order valence-electron chi connectivity index (χ0n) is 11.7. The summed E-state index contributed by atoms with van der Waals surface area (Å²) in [5.41, 5.74) is 0.849. The van der Waals surface area contributed by atoms with Crippen molar-refractivity contribution in [3.8, 4) is 17.8 Å². The summed E-state index contributed by atoms with van der Waals surface area (Å²) in [6, 6.07) is 7.64. The second-order valence-corrected chi connectivity index (χ2v) is 4.19. The number of imidazole rings is 1. The predicted octanol–water partition coefficient (Wildman–Crippen LogP) is 2.01. The van der Waals surface area contributed by atoms with Gasteiger partial charge in [-0.25, -0.2) is 4.98 Å². The molecular weight excluding hydrogens is 252 g/mol. The molecule has 1 aromatic heterocycles. The lowest BCUT2D eigenvalue weighted by Crippen LogP contribution is -2.17. The molecule has 2 aromatic rings. The Kier molecular flexibility index (Phi) is 4.40. The summed E-state index contributed by atoms with van der Waals surface area (Å²) >= 11 is 0. The standard InChI is InChI=1S/C15H16N4O/c1-4-11-20-14-8-6-5-7-13(14)15(17-18(2)3)19-10-9-16-12-19/h5-10,12H,1-3H3. The number of aromatic nitrogens is 2. The van der Waals surface area contributed by atoms with Crippen molar-refractivity contribution in [1.29, 1.82) is 0 Å². The molecule has 0 spiro atoms. The molecule has 102 valence electrons. The first-order valence-electron chi connectivity index (χ1n) is 6.14. The number of hydrazone groups is 1. The maximum atomic E-state index is 5.45. The molecule has 0 radical (unpaired) electrons. The predicted molar refractivity (Wildman–Crippen MR) is 78.4 cm³/mol. The van der Waals surface area contributed by atoms with E-state index in [1.807, 2.05) is 49.1 Å². The quantitative estimate of drug-likeness (QED) is 0.370. The van der Waals surface area contributed by atoms with Crippen molar-refractivity contribution < 1.29 is 4.74 Å². The summed E-state index contributed by atoms with van der Waals surface area (Å²) < 4.78 is 7.29. The highest BCUT2D eigenvalue weighted by atomic mass is 16.5. The average molecular weight is 268 g/mol. The van der Waals surface area contributed by atoms with Crippen LogP contribution in [0.2, 0.25) is 0 Å². The van der Waals surface area contributed by atoms with Gasteiger partial charge in [-0.1, -0.05) is 18.1 Å². The van der Waals surface area contributed by atoms with E-state index in [9.17, 15) is 0 Å². The van der Waals surface area contributed by atoms with E-state index < -0.39 is 0 Å². The van der Waals surface area contributed by atoms with Crippen molar-refractivity contribution in [3.05, 3.63) is 48.5 Å². The van der Waals surface area contributed by atoms with Gasteiger partial charge in [0.2, 0.25) is 0 Å². The minimum absolute atomic E-state index is 0.663. The van der Waals surface area contributed by atoms with Gasteiger partial charge in [-0.3, -0.25) is 4.57 Å². The first kappa shape index (κ1) is 13.7. The number of ether oxygens (including phenoxy) is 1. The smallest absolute Gasteiger partial charge is 0.169 e. The molecule has 5 heteroatoms. The number of nitrogens with zero attached hydrogens (tertiary/aromatic N) is 4. The van der Waals surface area contributed by atoms with Crippen molar-refractivity contribution in [2.24, 2.45) is 5.10 Å². The van der Waals surface area contributed by atoms with Crippen LogP contribution in [-0.4, -0.2) is 34.5 Å². The van der Waals surface area contributed by atoms with Crippen LogP contribution in [-0.2, 0) is 0 Å². The van der Waals surface area contributed by atoms with E-state index >= 15 is 0 Å². The maximum absolute atomic E-state index is 5.45. The van der Waals surface area contributed by atoms with Crippen LogP contribution in [0.4, 0.5) is 0 Å². The van der Waals surface area contributed by atoms with Crippen molar-refractivity contribution in [3.63, 3.8) is 0 Å². The van der Waals surface area contributed by atoms with Gasteiger partial charge in [0.15, 0.2) is 11.6 Å². The normalized spacial score (nSPS) is 10.7. The summed E-state index contributed by atoms with van der Waals surface area (Å²) in [6.07, 6.45) is 7.86. The Bertz CT molecular complexity index is 648. The van der Waals surface area contributed by atoms with Gasteiger partial charge in [0, 0.05) is 33.4 Å². The maximum Gasteiger partial charge on any atom is 0.169 e. The third-order valence-corrected chi connectivity index (χ3v) is 2.43. The van der Waals surface area contributed by atoms with Crippen LogP contribution in [0.5, 0.6) is 5.75 Å². The average Bonchev–Trinajstić information content (AvgIpc) is 2.97. The van der Waals surface area contributed by atoms with E-state index in [-0.39, 0.29) is 0 Å². The molecule has 0 saturated carbocycles. The third kappa shape index (κ3) is 3.18. The monoisotopic (exact) mass is 268 g/mol. The summed E-state index contributed by atoms with van der Waals surface area (Å²) in [5.74, 6) is 4.10. The third-order valence-electron chi connectivity index (χ3n) is 2.43. The van der Waals surface area contributed by atoms with Crippen LogP contribution in [0.15, 0.2) is 48.1 Å². The van der Waals surface area contributed by atoms with Crippen molar-refractivity contribution in [1.82, 2.24) is 14.6 Å². The first-order chi connectivity index (χ1) is 9.72. The SMILES string of the molecule is CC#COc1ccccc1C(=NN(C)C)n1ccnc1. The molecule has 2 rings (SSSR count). The number of benzene rings is 1. The van der Waals surface area contributed by atoms with Crippen molar-refractivity contribution in [2.75, 3.05) is 14.1 Å². The van der Waals surface area contributed by atoms with Gasteiger partial charge in [-0.2, -0.15) is 5.10 Å². The summed E-state index contributed by atoms with van der Waals surface area (Å²) in [5, 5.41) is 6.24. The second kappa shape index (κ2) is 6.43. The molecule has 5 nitrogen and oxygen atoms in total. The van der Waals surface area contributed by atoms with Gasteiger partial charge in [0.05, 0.1) is 5.56 Å². The highest BCUT2D eigenvalue weighted by Crippen LogP contribution is 2.19. The lowest BCUT2D eigenvalue weighted by Gasteiger charge is -2.13. The van der Waals surface area contributed by atoms with E-state index in [0.29, 0.717) is 5.75 Å². The minimum Gasteiger partial charge on any atom is -0.407 e. The Morgan fingerprint density at radius 2 is 2.15 bits per heavy atom. The molecule has 0 aliphatic carbocycles. The lowest BCUT2D eigenvalue weighted by atomic mass is 10.2. The van der Waals surface area contributed by atoms with Gasteiger partial charge in [0.1, 0.15) is 12.4 Å². The molecule has 1 aromatic carbocycles. The fraction of sp³-hybridized carbons (Fsp3) is 0.200. The topological polar surface area (TPSA) is 42.6 Å². The molecular formula is C15H16N4O. The van der Waals surface area contributed by atoms with Crippen molar-refractivity contribution in [2.45, 2.75) is 6.92 Å². The van der Waals surface area contributed by atoms with Crippen LogP contribution >= 0.6 is 0 Å². The van der Waals surface area contributed by atoms with Gasteiger partial charge in [-0.05, 0) is 12.1 Å². The molecule has 0 unspecified atom stereocenters. The Morgan fingerprint density at radius 1 is 1.35 bits per heavy atom. The highest BCUT2D eigenvalue weighted by molar-refractivity contribution is 6.02. The van der Waals surface area contributed by atoms with Gasteiger partial charge in [0.25, 0.3) is 0 Å². The summed E-state index contributed by atoms with van der Waals surface area (Å²) in [6.45, 7) is 1.73. The Morgan fingerprint density at radius 3 is 2.80 bits per heavy atom. The largest absolute Gasteiger partial charge is 0.407 e. The van der Waals surface area contributed by atoms with Gasteiger partial charge in [-0.15, -0.1) is 0 Å². The Labute approximate surface area is 118 Å². The van der Waals surface area contributed by atoms with E-state index in [4.69, 9.17) is 4.74 Å². The lowest BCUT2D eigenvalue weighted by molar-refractivity contribution is 0.435. The van der Waals surface area contributed by atoms with Crippen LogP contribution in [0, 0.1) is 12.0 Å². The van der Waals surface area contributed by atoms with E-state index in [1.54, 1.807) is 24.5 Å². The molecule has 0 aliphatic rings. The summed E-state index contributed by atoms with van der Waals surface area (Å²) in [7, 11) is 3.73. The van der Waals surface area contributed by atoms with Crippen LogP contribution in [0.1, 0.15) is 12.5 Å². The zero-order valence-corrected chi connectivity index (χ0v) is 11.7. The molecule has 1 heterocycles. The molecule has 0 atom stereocenters. The number of hydrogen-bond donors (Lipinski definition) is 0. The molecule has 0 aliphatic heterocycles. The minimum atomic E-state index is 0.663. The van der Waals surface area contributed by atoms with Gasteiger partial charge < -0.3 is 9.75 Å². The van der Waals surface area contributed by atoms with Crippen molar-refractivity contribution >= 4 is 5.84 Å². The fourth-order valence-electron chi connectivity index (χ4n) is 1.66. The molecule has 0 N–H and O–H groups in total. The van der Waals surface area contributed by atoms with E-state index in [0.717, 1.165) is 11.4 Å². The molecule has 0 amide bonds. The molecule has 0 saturated heterocycles. The first-order valence-corrected chi connectivity index (χ1v) is 6.14. The van der Waals surface area contributed by atoms with Crippen LogP contribution in [0.3, 0.4) is 0 Å². The number of rotatable bonds is 3. The Balaban J connectivity index is 2.51. The fourth-order valence-corrected chi connectivity index (χ4v) is 1.66.